The quantitative estimate of drug-likeness (QED) is 0.697. The van der Waals surface area contributed by atoms with Crippen LogP contribution in [0.2, 0.25) is 0 Å². The summed E-state index contributed by atoms with van der Waals surface area (Å²) in [4.78, 5) is 0. The molecule has 1 heteroatoms. The fourth-order valence-corrected chi connectivity index (χ4v) is 2.50. The normalized spacial score (nSPS) is 15.5. The van der Waals surface area contributed by atoms with Gasteiger partial charge in [-0.2, -0.15) is 0 Å². The maximum absolute atomic E-state index is 3.63. The number of fused-ring (bicyclic) bond motifs is 1. The van der Waals surface area contributed by atoms with Crippen molar-refractivity contribution < 1.29 is 0 Å². The van der Waals surface area contributed by atoms with Crippen LogP contribution in [0.3, 0.4) is 0 Å². The Morgan fingerprint density at radius 2 is 2.31 bits per heavy atom. The summed E-state index contributed by atoms with van der Waals surface area (Å²) >= 11 is 3.63. The summed E-state index contributed by atoms with van der Waals surface area (Å²) < 4.78 is 1.27. The lowest BCUT2D eigenvalue weighted by atomic mass is 9.90. The maximum atomic E-state index is 3.63. The largest absolute Gasteiger partial charge is 0.0613 e. The third-order valence-electron chi connectivity index (χ3n) is 2.58. The Kier molecular flexibility index (Phi) is 2.73. The van der Waals surface area contributed by atoms with Gasteiger partial charge < -0.3 is 0 Å². The first-order valence-electron chi connectivity index (χ1n) is 4.86. The fourth-order valence-electron chi connectivity index (χ4n) is 1.80. The second-order valence-electron chi connectivity index (χ2n) is 3.49. The van der Waals surface area contributed by atoms with Crippen LogP contribution in [0, 0.1) is 6.42 Å². The van der Waals surface area contributed by atoms with Crippen molar-refractivity contribution in [3.63, 3.8) is 0 Å². The molecule has 0 aromatic heterocycles. The minimum atomic E-state index is 1.10. The van der Waals surface area contributed by atoms with Crippen molar-refractivity contribution in [2.45, 2.75) is 32.6 Å². The van der Waals surface area contributed by atoms with Crippen LogP contribution in [0.5, 0.6) is 0 Å². The van der Waals surface area contributed by atoms with Crippen LogP contribution in [0.25, 0.3) is 0 Å². The van der Waals surface area contributed by atoms with Crippen molar-refractivity contribution >= 4 is 15.9 Å². The molecule has 0 unspecified atom stereocenters. The minimum Gasteiger partial charge on any atom is -0.0613 e. The zero-order valence-electron chi connectivity index (χ0n) is 7.86. The molecule has 68 valence electrons. The Balaban J connectivity index is 2.47. The molecule has 0 spiro atoms. The molecule has 0 atom stereocenters. The molecule has 1 aliphatic carbocycles. The Morgan fingerprint density at radius 1 is 1.46 bits per heavy atom. The molecule has 0 saturated carbocycles. The molecule has 0 N–H and O–H groups in total. The van der Waals surface area contributed by atoms with E-state index < -0.39 is 0 Å². The van der Waals surface area contributed by atoms with Gasteiger partial charge in [0.05, 0.1) is 0 Å². The summed E-state index contributed by atoms with van der Waals surface area (Å²) in [6.45, 7) is 2.19. The van der Waals surface area contributed by atoms with E-state index in [1.807, 2.05) is 0 Å². The third-order valence-corrected chi connectivity index (χ3v) is 3.29. The molecule has 0 aliphatic heterocycles. The van der Waals surface area contributed by atoms with Gasteiger partial charge in [0.15, 0.2) is 0 Å². The molecular weight excluding hydrogens is 224 g/mol. The highest BCUT2D eigenvalue weighted by molar-refractivity contribution is 9.10. The predicted molar refractivity (Wildman–Crippen MR) is 58.8 cm³/mol. The SMILES string of the molecule is CCc1cc(Br)c2c(c1)[C]CCC2. The lowest BCUT2D eigenvalue weighted by Crippen LogP contribution is -2.02. The van der Waals surface area contributed by atoms with E-state index in [0.29, 0.717) is 0 Å². The molecule has 1 aromatic carbocycles. The molecule has 0 amide bonds. The molecular formula is C12H13Br. The lowest BCUT2D eigenvalue weighted by Gasteiger charge is -2.17. The van der Waals surface area contributed by atoms with Crippen LogP contribution in [0.4, 0.5) is 0 Å². The molecule has 1 aliphatic rings. The number of hydrogen-bond donors (Lipinski definition) is 0. The molecule has 0 bridgehead atoms. The Hall–Kier alpha value is -0.300. The summed E-state index contributed by atoms with van der Waals surface area (Å²) in [6.07, 6.45) is 8.12. The van der Waals surface area contributed by atoms with E-state index in [0.717, 1.165) is 12.8 Å². The first kappa shape index (κ1) is 9.26. The average Bonchev–Trinajstić information content (AvgIpc) is 2.18. The van der Waals surface area contributed by atoms with Crippen molar-refractivity contribution in [3.8, 4) is 0 Å². The minimum absolute atomic E-state index is 1.10. The molecule has 0 nitrogen and oxygen atoms in total. The maximum Gasteiger partial charge on any atom is 0.0213 e. The zero-order chi connectivity index (χ0) is 9.26. The van der Waals surface area contributed by atoms with Crippen LogP contribution in [-0.4, -0.2) is 0 Å². The van der Waals surface area contributed by atoms with Crippen molar-refractivity contribution in [2.75, 3.05) is 0 Å². The van der Waals surface area contributed by atoms with Crippen molar-refractivity contribution in [2.24, 2.45) is 0 Å². The van der Waals surface area contributed by atoms with Gasteiger partial charge in [-0.25, -0.2) is 0 Å². The van der Waals surface area contributed by atoms with Crippen molar-refractivity contribution in [1.82, 2.24) is 0 Å². The number of rotatable bonds is 1. The predicted octanol–water partition coefficient (Wildman–Crippen LogP) is 3.78. The molecule has 1 aromatic rings. The Morgan fingerprint density at radius 3 is 3.08 bits per heavy atom. The first-order valence-corrected chi connectivity index (χ1v) is 5.65. The van der Waals surface area contributed by atoms with Gasteiger partial charge in [0.25, 0.3) is 0 Å². The lowest BCUT2D eigenvalue weighted by molar-refractivity contribution is 0.770. The molecule has 0 saturated heterocycles. The standard InChI is InChI=1S/C12H13Br/c1-2-9-7-10-5-3-4-6-11(10)12(13)8-9/h7-8H,2-4,6H2,1H3. The molecule has 13 heavy (non-hydrogen) atoms. The van der Waals surface area contributed by atoms with Crippen LogP contribution < -0.4 is 0 Å². The van der Waals surface area contributed by atoms with E-state index in [2.05, 4.69) is 41.4 Å². The summed E-state index contributed by atoms with van der Waals surface area (Å²) in [5, 5.41) is 0. The number of aryl methyl sites for hydroxylation is 1. The second kappa shape index (κ2) is 3.83. The smallest absolute Gasteiger partial charge is 0.0213 e. The third kappa shape index (κ3) is 1.80. The summed E-state index contributed by atoms with van der Waals surface area (Å²) in [7, 11) is 0. The van der Waals surface area contributed by atoms with Crippen molar-refractivity contribution in [3.05, 3.63) is 39.7 Å². The molecule has 2 rings (SSSR count). The zero-order valence-corrected chi connectivity index (χ0v) is 9.45. The van der Waals surface area contributed by atoms with E-state index in [1.165, 1.54) is 34.0 Å². The van der Waals surface area contributed by atoms with E-state index >= 15 is 0 Å². The van der Waals surface area contributed by atoms with Gasteiger partial charge in [-0.15, -0.1) is 0 Å². The summed E-state index contributed by atoms with van der Waals surface area (Å²) in [5.74, 6) is 0. The van der Waals surface area contributed by atoms with Crippen LogP contribution in [-0.2, 0) is 12.8 Å². The summed E-state index contributed by atoms with van der Waals surface area (Å²) in [5.41, 5.74) is 4.18. The summed E-state index contributed by atoms with van der Waals surface area (Å²) in [6, 6.07) is 4.52. The Bertz CT molecular complexity index is 315. The Labute approximate surface area is 88.5 Å². The van der Waals surface area contributed by atoms with Gasteiger partial charge >= 0.3 is 0 Å². The fraction of sp³-hybridized carbons (Fsp3) is 0.417. The topological polar surface area (TPSA) is 0 Å². The second-order valence-corrected chi connectivity index (χ2v) is 4.34. The number of hydrogen-bond acceptors (Lipinski definition) is 0. The van der Waals surface area contributed by atoms with Gasteiger partial charge in [-0.3, -0.25) is 0 Å². The molecule has 0 heterocycles. The van der Waals surface area contributed by atoms with Crippen LogP contribution >= 0.6 is 15.9 Å². The molecule has 0 fully saturated rings. The van der Waals surface area contributed by atoms with E-state index in [-0.39, 0.29) is 0 Å². The average molecular weight is 237 g/mol. The van der Waals surface area contributed by atoms with Crippen molar-refractivity contribution in [1.29, 1.82) is 0 Å². The highest BCUT2D eigenvalue weighted by Crippen LogP contribution is 2.30. The van der Waals surface area contributed by atoms with Gasteiger partial charge in [0.1, 0.15) is 0 Å². The number of halogens is 1. The molecule has 2 radical (unpaired) electrons. The van der Waals surface area contributed by atoms with Crippen LogP contribution in [0.15, 0.2) is 16.6 Å². The van der Waals surface area contributed by atoms with E-state index in [1.54, 1.807) is 0 Å². The van der Waals surface area contributed by atoms with Gasteiger partial charge in [0.2, 0.25) is 0 Å². The van der Waals surface area contributed by atoms with E-state index in [4.69, 9.17) is 0 Å². The van der Waals surface area contributed by atoms with Gasteiger partial charge in [-0.1, -0.05) is 28.9 Å². The highest BCUT2D eigenvalue weighted by atomic mass is 79.9. The number of benzene rings is 1. The van der Waals surface area contributed by atoms with Gasteiger partial charge in [0, 0.05) is 10.9 Å². The van der Waals surface area contributed by atoms with E-state index in [9.17, 15) is 0 Å². The van der Waals surface area contributed by atoms with Gasteiger partial charge in [-0.05, 0) is 48.4 Å². The van der Waals surface area contributed by atoms with Crippen LogP contribution in [0.1, 0.15) is 36.5 Å². The first-order chi connectivity index (χ1) is 6.31. The monoisotopic (exact) mass is 236 g/mol. The highest BCUT2D eigenvalue weighted by Gasteiger charge is 2.13.